The second kappa shape index (κ2) is 7.05. The summed E-state index contributed by atoms with van der Waals surface area (Å²) in [6.07, 6.45) is -4.43. The monoisotopic (exact) mass is 373 g/mol. The van der Waals surface area contributed by atoms with E-state index in [4.69, 9.17) is 5.73 Å². The summed E-state index contributed by atoms with van der Waals surface area (Å²) < 4.78 is 38.9. The molecule has 0 bridgehead atoms. The fourth-order valence-corrected chi connectivity index (χ4v) is 2.79. The third-order valence-electron chi connectivity index (χ3n) is 3.96. The molecule has 2 aromatic rings. The van der Waals surface area contributed by atoms with Crippen LogP contribution < -0.4 is 16.4 Å². The maximum absolute atomic E-state index is 13.0. The average molecular weight is 374 g/mol. The summed E-state index contributed by atoms with van der Waals surface area (Å²) in [7, 11) is 0. The Labute approximate surface area is 149 Å². The summed E-state index contributed by atoms with van der Waals surface area (Å²) in [4.78, 5) is 8.76. The summed E-state index contributed by atoms with van der Waals surface area (Å²) >= 11 is 0. The number of aromatic nitrogens is 2. The first-order valence-electron chi connectivity index (χ1n) is 7.55. The number of hydrogen-bond donors (Lipinski definition) is 3. The van der Waals surface area contributed by atoms with Crippen LogP contribution in [0.4, 0.5) is 24.7 Å². The zero-order chi connectivity index (χ0) is 17.5. The van der Waals surface area contributed by atoms with Gasteiger partial charge in [-0.3, -0.25) is 0 Å². The van der Waals surface area contributed by atoms with Gasteiger partial charge in [-0.1, -0.05) is 0 Å². The Kier molecular flexibility index (Phi) is 5.43. The van der Waals surface area contributed by atoms with Gasteiger partial charge in [0.05, 0.1) is 17.3 Å². The van der Waals surface area contributed by atoms with Crippen molar-refractivity contribution in [2.75, 3.05) is 11.1 Å². The predicted octanol–water partition coefficient (Wildman–Crippen LogP) is 3.58. The van der Waals surface area contributed by atoms with Gasteiger partial charge in [0, 0.05) is 24.3 Å². The highest BCUT2D eigenvalue weighted by molar-refractivity contribution is 5.85. The molecule has 0 radical (unpaired) electrons. The van der Waals surface area contributed by atoms with Crippen molar-refractivity contribution < 1.29 is 13.2 Å². The van der Waals surface area contributed by atoms with Crippen molar-refractivity contribution >= 4 is 23.9 Å². The molecule has 1 aromatic carbocycles. The molecular weight excluding hydrogens is 355 g/mol. The topological polar surface area (TPSA) is 75.9 Å². The standard InChI is InChI=1S/C16H18F3N5.ClH/c1-8(10-3-11(16(17,18)19)5-12(20)4-10)22-15-13-6-21-7-14(13)23-9(2)24-15;/h3-5,8,21H,6-7,20H2,1-2H3,(H,22,23,24);1H/t8-;/m1./s1. The van der Waals surface area contributed by atoms with Gasteiger partial charge in [0.2, 0.25) is 0 Å². The average Bonchev–Trinajstić information content (AvgIpc) is 2.93. The molecule has 0 unspecified atom stereocenters. The van der Waals surface area contributed by atoms with E-state index >= 15 is 0 Å². The van der Waals surface area contributed by atoms with Crippen LogP contribution in [0.1, 0.15) is 41.2 Å². The highest BCUT2D eigenvalue weighted by Gasteiger charge is 2.31. The fourth-order valence-electron chi connectivity index (χ4n) is 2.79. The largest absolute Gasteiger partial charge is 0.416 e. The van der Waals surface area contributed by atoms with E-state index in [0.717, 1.165) is 23.4 Å². The highest BCUT2D eigenvalue weighted by atomic mass is 35.5. The number of benzene rings is 1. The Hall–Kier alpha value is -2.06. The fraction of sp³-hybridized carbons (Fsp3) is 0.375. The number of hydrogen-bond acceptors (Lipinski definition) is 5. The summed E-state index contributed by atoms with van der Waals surface area (Å²) in [6, 6.07) is 3.21. The molecule has 25 heavy (non-hydrogen) atoms. The van der Waals surface area contributed by atoms with E-state index in [-0.39, 0.29) is 24.1 Å². The lowest BCUT2D eigenvalue weighted by Crippen LogP contribution is -2.14. The Balaban J connectivity index is 0.00000225. The van der Waals surface area contributed by atoms with E-state index < -0.39 is 11.7 Å². The quantitative estimate of drug-likeness (QED) is 0.717. The molecule has 0 fully saturated rings. The van der Waals surface area contributed by atoms with Crippen molar-refractivity contribution in [3.8, 4) is 0 Å². The number of halogens is 4. The molecule has 0 amide bonds. The number of fused-ring (bicyclic) bond motifs is 1. The molecule has 3 rings (SSSR count). The molecule has 136 valence electrons. The van der Waals surface area contributed by atoms with E-state index in [1.54, 1.807) is 19.9 Å². The van der Waals surface area contributed by atoms with Gasteiger partial charge in [-0.25, -0.2) is 9.97 Å². The molecule has 0 aliphatic carbocycles. The molecule has 9 heteroatoms. The van der Waals surface area contributed by atoms with Crippen LogP contribution in [-0.2, 0) is 19.3 Å². The number of nitrogen functional groups attached to an aromatic ring is 1. The number of alkyl halides is 3. The van der Waals surface area contributed by atoms with E-state index in [0.29, 0.717) is 30.3 Å². The molecule has 5 nitrogen and oxygen atoms in total. The maximum atomic E-state index is 13.0. The van der Waals surface area contributed by atoms with Crippen molar-refractivity contribution in [2.24, 2.45) is 0 Å². The third kappa shape index (κ3) is 4.13. The highest BCUT2D eigenvalue weighted by Crippen LogP contribution is 2.33. The smallest absolute Gasteiger partial charge is 0.399 e. The van der Waals surface area contributed by atoms with Gasteiger partial charge in [-0.05, 0) is 37.6 Å². The number of nitrogens with two attached hydrogens (primary N) is 1. The second-order valence-corrected chi connectivity index (χ2v) is 5.90. The van der Waals surface area contributed by atoms with E-state index in [2.05, 4.69) is 20.6 Å². The lowest BCUT2D eigenvalue weighted by Gasteiger charge is -2.19. The molecule has 0 saturated carbocycles. The van der Waals surface area contributed by atoms with Gasteiger partial charge in [-0.2, -0.15) is 13.2 Å². The number of aryl methyl sites for hydroxylation is 1. The Morgan fingerprint density at radius 2 is 1.92 bits per heavy atom. The summed E-state index contributed by atoms with van der Waals surface area (Å²) in [5.74, 6) is 1.27. The van der Waals surface area contributed by atoms with Crippen LogP contribution in [0.5, 0.6) is 0 Å². The first-order chi connectivity index (χ1) is 11.2. The van der Waals surface area contributed by atoms with Crippen LogP contribution in [-0.4, -0.2) is 9.97 Å². The van der Waals surface area contributed by atoms with Crippen LogP contribution in [0.25, 0.3) is 0 Å². The summed E-state index contributed by atoms with van der Waals surface area (Å²) in [5.41, 5.74) is 7.29. The first kappa shape index (κ1) is 19.3. The lowest BCUT2D eigenvalue weighted by atomic mass is 10.0. The summed E-state index contributed by atoms with van der Waals surface area (Å²) in [6.45, 7) is 4.87. The molecule has 0 spiro atoms. The lowest BCUT2D eigenvalue weighted by molar-refractivity contribution is -0.137. The van der Waals surface area contributed by atoms with Crippen molar-refractivity contribution in [3.05, 3.63) is 46.4 Å². The zero-order valence-corrected chi connectivity index (χ0v) is 14.6. The Bertz CT molecular complexity index is 779. The predicted molar refractivity (Wildman–Crippen MR) is 92.5 cm³/mol. The van der Waals surface area contributed by atoms with Crippen LogP contribution in [0.3, 0.4) is 0 Å². The molecule has 2 heterocycles. The third-order valence-corrected chi connectivity index (χ3v) is 3.96. The molecule has 1 aliphatic rings. The Morgan fingerprint density at radius 3 is 2.60 bits per heavy atom. The number of anilines is 2. The van der Waals surface area contributed by atoms with Gasteiger partial charge < -0.3 is 16.4 Å². The minimum absolute atomic E-state index is 0. The van der Waals surface area contributed by atoms with Crippen molar-refractivity contribution in [2.45, 2.75) is 39.2 Å². The van der Waals surface area contributed by atoms with Crippen LogP contribution >= 0.6 is 12.4 Å². The molecular formula is C16H19ClF3N5. The van der Waals surface area contributed by atoms with E-state index in [1.807, 2.05) is 0 Å². The normalized spacial score (nSPS) is 14.6. The molecule has 4 N–H and O–H groups in total. The van der Waals surface area contributed by atoms with E-state index in [9.17, 15) is 13.2 Å². The Morgan fingerprint density at radius 1 is 1.20 bits per heavy atom. The molecule has 1 aromatic heterocycles. The van der Waals surface area contributed by atoms with Gasteiger partial charge in [0.1, 0.15) is 11.6 Å². The van der Waals surface area contributed by atoms with Crippen molar-refractivity contribution in [3.63, 3.8) is 0 Å². The van der Waals surface area contributed by atoms with Gasteiger partial charge >= 0.3 is 6.18 Å². The minimum atomic E-state index is -4.43. The van der Waals surface area contributed by atoms with Gasteiger partial charge in [-0.15, -0.1) is 12.4 Å². The molecule has 0 saturated heterocycles. The second-order valence-electron chi connectivity index (χ2n) is 5.90. The van der Waals surface area contributed by atoms with Gasteiger partial charge in [0.25, 0.3) is 0 Å². The van der Waals surface area contributed by atoms with Gasteiger partial charge in [0.15, 0.2) is 0 Å². The van der Waals surface area contributed by atoms with Crippen LogP contribution in [0.15, 0.2) is 18.2 Å². The van der Waals surface area contributed by atoms with Crippen molar-refractivity contribution in [1.82, 2.24) is 15.3 Å². The molecule has 1 aliphatic heterocycles. The minimum Gasteiger partial charge on any atom is -0.399 e. The maximum Gasteiger partial charge on any atom is 0.416 e. The zero-order valence-electron chi connectivity index (χ0n) is 13.7. The number of nitrogens with zero attached hydrogens (tertiary/aromatic N) is 2. The molecule has 1 atom stereocenters. The SMILES string of the molecule is Cc1nc2c(c(N[C@H](C)c3cc(N)cc(C(F)(F)F)c3)n1)CNC2.Cl. The van der Waals surface area contributed by atoms with E-state index in [1.165, 1.54) is 0 Å². The van der Waals surface area contributed by atoms with Crippen molar-refractivity contribution in [1.29, 1.82) is 0 Å². The summed E-state index contributed by atoms with van der Waals surface area (Å²) in [5, 5.41) is 6.39. The van der Waals surface area contributed by atoms with Crippen LogP contribution in [0.2, 0.25) is 0 Å². The number of nitrogens with one attached hydrogen (secondary N) is 2. The number of rotatable bonds is 3. The van der Waals surface area contributed by atoms with Crippen LogP contribution in [0, 0.1) is 6.92 Å². The first-order valence-corrected chi connectivity index (χ1v) is 7.55.